The van der Waals surface area contributed by atoms with E-state index in [0.29, 0.717) is 6.61 Å². The standard InChI is InChI=1S/C19H15F4N3O2S/c20-11-5-3-10(4-6-11)14-8-13(19(21,22)23)15-16(24-14)26(18(29)25-17(15)27)9-12-2-1-7-28-12/h3-6,8,12H,1-2,7,9H2,(H,25,27,29)/t12-/m0/s1. The summed E-state index contributed by atoms with van der Waals surface area (Å²) in [5.74, 6) is -0.525. The van der Waals surface area contributed by atoms with Crippen LogP contribution < -0.4 is 5.56 Å². The lowest BCUT2D eigenvalue weighted by molar-refractivity contribution is -0.136. The van der Waals surface area contributed by atoms with E-state index in [2.05, 4.69) is 9.97 Å². The normalized spacial score (nSPS) is 17.2. The highest BCUT2D eigenvalue weighted by Gasteiger charge is 2.35. The molecule has 1 fully saturated rings. The third-order valence-electron chi connectivity index (χ3n) is 4.80. The Hall–Kier alpha value is -2.59. The van der Waals surface area contributed by atoms with E-state index in [1.807, 2.05) is 0 Å². The Bertz CT molecular complexity index is 1180. The molecule has 5 nitrogen and oxygen atoms in total. The summed E-state index contributed by atoms with van der Waals surface area (Å²) in [5, 5.41) is -0.588. The number of alkyl halides is 3. The van der Waals surface area contributed by atoms with Gasteiger partial charge in [-0.3, -0.25) is 14.3 Å². The first-order valence-corrected chi connectivity index (χ1v) is 9.27. The summed E-state index contributed by atoms with van der Waals surface area (Å²) < 4.78 is 61.5. The molecule has 3 aromatic rings. The number of H-pyrrole nitrogens is 1. The van der Waals surface area contributed by atoms with Crippen LogP contribution in [0.5, 0.6) is 0 Å². The Morgan fingerprint density at radius 1 is 1.28 bits per heavy atom. The Morgan fingerprint density at radius 3 is 2.62 bits per heavy atom. The Morgan fingerprint density at radius 2 is 2.00 bits per heavy atom. The van der Waals surface area contributed by atoms with E-state index in [9.17, 15) is 22.4 Å². The minimum Gasteiger partial charge on any atom is -0.376 e. The lowest BCUT2D eigenvalue weighted by atomic mass is 10.1. The number of hydrogen-bond acceptors (Lipinski definition) is 4. The van der Waals surface area contributed by atoms with Crippen LogP contribution in [0, 0.1) is 10.6 Å². The first-order chi connectivity index (χ1) is 13.7. The van der Waals surface area contributed by atoms with Gasteiger partial charge in [-0.15, -0.1) is 0 Å². The molecule has 0 radical (unpaired) electrons. The van der Waals surface area contributed by atoms with Gasteiger partial charge in [-0.05, 0) is 55.4 Å². The fraction of sp³-hybridized carbons (Fsp3) is 0.316. The Labute approximate surface area is 167 Å². The minimum absolute atomic E-state index is 0.0325. The Kier molecular flexibility index (Phi) is 4.99. The van der Waals surface area contributed by atoms with Gasteiger partial charge in [-0.1, -0.05) is 0 Å². The van der Waals surface area contributed by atoms with Gasteiger partial charge in [-0.25, -0.2) is 9.37 Å². The van der Waals surface area contributed by atoms with Crippen LogP contribution in [0.15, 0.2) is 35.1 Å². The minimum atomic E-state index is -4.80. The smallest absolute Gasteiger partial charge is 0.376 e. The summed E-state index contributed by atoms with van der Waals surface area (Å²) in [6.45, 7) is 0.727. The van der Waals surface area contributed by atoms with Crippen molar-refractivity contribution in [2.24, 2.45) is 0 Å². The number of fused-ring (bicyclic) bond motifs is 1. The fourth-order valence-corrected chi connectivity index (χ4v) is 3.68. The first kappa shape index (κ1) is 19.7. The van der Waals surface area contributed by atoms with Crippen LogP contribution in [0.25, 0.3) is 22.3 Å². The van der Waals surface area contributed by atoms with E-state index >= 15 is 0 Å². The number of halogens is 4. The highest BCUT2D eigenvalue weighted by molar-refractivity contribution is 7.71. The molecule has 0 bridgehead atoms. The topological polar surface area (TPSA) is 59.9 Å². The lowest BCUT2D eigenvalue weighted by Crippen LogP contribution is -2.24. The molecule has 1 aliphatic rings. The molecule has 3 heterocycles. The molecule has 1 aromatic carbocycles. The van der Waals surface area contributed by atoms with Crippen molar-refractivity contribution >= 4 is 23.3 Å². The van der Waals surface area contributed by atoms with Crippen LogP contribution in [-0.4, -0.2) is 27.2 Å². The molecule has 29 heavy (non-hydrogen) atoms. The van der Waals surface area contributed by atoms with Gasteiger partial charge in [0.1, 0.15) is 11.5 Å². The second-order valence-corrected chi connectivity index (χ2v) is 7.15. The number of aromatic nitrogens is 3. The van der Waals surface area contributed by atoms with Crippen molar-refractivity contribution < 1.29 is 22.3 Å². The monoisotopic (exact) mass is 425 g/mol. The summed E-state index contributed by atoms with van der Waals surface area (Å²) >= 11 is 5.20. The molecule has 1 N–H and O–H groups in total. The maximum atomic E-state index is 13.8. The average molecular weight is 425 g/mol. The maximum Gasteiger partial charge on any atom is 0.417 e. The zero-order valence-electron chi connectivity index (χ0n) is 14.9. The van der Waals surface area contributed by atoms with Gasteiger partial charge in [0.25, 0.3) is 5.56 Å². The number of benzene rings is 1. The molecule has 0 amide bonds. The lowest BCUT2D eigenvalue weighted by Gasteiger charge is -2.18. The van der Waals surface area contributed by atoms with E-state index in [4.69, 9.17) is 17.0 Å². The molecule has 1 atom stereocenters. The maximum absolute atomic E-state index is 13.8. The molecule has 4 rings (SSSR count). The molecule has 0 unspecified atom stereocenters. The van der Waals surface area contributed by atoms with E-state index in [1.54, 1.807) is 0 Å². The van der Waals surface area contributed by atoms with E-state index < -0.39 is 28.5 Å². The van der Waals surface area contributed by atoms with Gasteiger partial charge >= 0.3 is 6.18 Å². The second kappa shape index (κ2) is 7.34. The van der Waals surface area contributed by atoms with Crippen LogP contribution in [-0.2, 0) is 17.5 Å². The summed E-state index contributed by atoms with van der Waals surface area (Å²) in [6.07, 6.45) is -3.47. The zero-order valence-corrected chi connectivity index (χ0v) is 15.7. The van der Waals surface area contributed by atoms with E-state index in [1.165, 1.54) is 16.7 Å². The van der Waals surface area contributed by atoms with E-state index in [-0.39, 0.29) is 34.3 Å². The van der Waals surface area contributed by atoms with Crippen LogP contribution in [0.4, 0.5) is 17.6 Å². The number of aromatic amines is 1. The largest absolute Gasteiger partial charge is 0.417 e. The predicted octanol–water partition coefficient (Wildman–Crippen LogP) is 4.46. The number of pyridine rings is 1. The molecule has 152 valence electrons. The fourth-order valence-electron chi connectivity index (χ4n) is 3.43. The summed E-state index contributed by atoms with van der Waals surface area (Å²) in [5.41, 5.74) is -2.01. The van der Waals surface area contributed by atoms with Gasteiger partial charge < -0.3 is 4.74 Å². The summed E-state index contributed by atoms with van der Waals surface area (Å²) in [4.78, 5) is 19.0. The molecule has 0 saturated carbocycles. The number of hydrogen-bond donors (Lipinski definition) is 1. The van der Waals surface area contributed by atoms with Crippen molar-refractivity contribution in [1.29, 1.82) is 0 Å². The zero-order chi connectivity index (χ0) is 20.8. The molecule has 1 aliphatic heterocycles. The highest BCUT2D eigenvalue weighted by atomic mass is 32.1. The third kappa shape index (κ3) is 3.82. The van der Waals surface area contributed by atoms with Crippen molar-refractivity contribution in [3.8, 4) is 11.3 Å². The SMILES string of the molecule is O=c1[nH]c(=S)n(C[C@@H]2CCCO2)c2nc(-c3ccc(F)cc3)cc(C(F)(F)F)c12. The van der Waals surface area contributed by atoms with Crippen molar-refractivity contribution in [2.45, 2.75) is 31.7 Å². The number of rotatable bonds is 3. The summed E-state index contributed by atoms with van der Waals surface area (Å²) in [6, 6.07) is 5.71. The number of ether oxygens (including phenoxy) is 1. The van der Waals surface area contributed by atoms with Gasteiger partial charge in [0.2, 0.25) is 0 Å². The van der Waals surface area contributed by atoms with Gasteiger partial charge in [0, 0.05) is 12.2 Å². The van der Waals surface area contributed by atoms with Crippen LogP contribution in [0.3, 0.4) is 0 Å². The molecule has 2 aromatic heterocycles. The molecular formula is C19H15F4N3O2S. The molecule has 1 saturated heterocycles. The number of nitrogens with one attached hydrogen (secondary N) is 1. The average Bonchev–Trinajstić information content (AvgIpc) is 3.17. The van der Waals surface area contributed by atoms with Gasteiger partial charge in [0.15, 0.2) is 4.77 Å². The van der Waals surface area contributed by atoms with Crippen LogP contribution in [0.1, 0.15) is 18.4 Å². The molecule has 0 spiro atoms. The molecule has 10 heteroatoms. The second-order valence-electron chi connectivity index (χ2n) is 6.76. The Balaban J connectivity index is 2.02. The molecule has 0 aliphatic carbocycles. The van der Waals surface area contributed by atoms with Gasteiger partial charge in [0.05, 0.1) is 29.3 Å². The first-order valence-electron chi connectivity index (χ1n) is 8.86. The third-order valence-corrected chi connectivity index (χ3v) is 5.13. The van der Waals surface area contributed by atoms with Crippen molar-refractivity contribution in [3.63, 3.8) is 0 Å². The summed E-state index contributed by atoms with van der Waals surface area (Å²) in [7, 11) is 0. The predicted molar refractivity (Wildman–Crippen MR) is 101 cm³/mol. The van der Waals surface area contributed by atoms with Gasteiger partial charge in [-0.2, -0.15) is 13.2 Å². The number of nitrogens with zero attached hydrogens (tertiary/aromatic N) is 2. The van der Waals surface area contributed by atoms with Crippen LogP contribution in [0.2, 0.25) is 0 Å². The van der Waals surface area contributed by atoms with Crippen molar-refractivity contribution in [1.82, 2.24) is 14.5 Å². The van der Waals surface area contributed by atoms with E-state index in [0.717, 1.165) is 31.0 Å². The molecular weight excluding hydrogens is 410 g/mol. The van der Waals surface area contributed by atoms with Crippen molar-refractivity contribution in [3.05, 3.63) is 56.8 Å². The highest BCUT2D eigenvalue weighted by Crippen LogP contribution is 2.35. The quantitative estimate of drug-likeness (QED) is 0.497. The van der Waals surface area contributed by atoms with Crippen LogP contribution >= 0.6 is 12.2 Å². The van der Waals surface area contributed by atoms with Crippen molar-refractivity contribution in [2.75, 3.05) is 6.61 Å².